The molecule has 5 heteroatoms. The van der Waals surface area contributed by atoms with Crippen LogP contribution in [-0.4, -0.2) is 43.7 Å². The molecule has 1 amide bonds. The topological polar surface area (TPSA) is 41.6 Å². The predicted molar refractivity (Wildman–Crippen MR) is 93.9 cm³/mol. The molecule has 0 spiro atoms. The fourth-order valence-electron chi connectivity index (χ4n) is 3.41. The minimum atomic E-state index is 0. The van der Waals surface area contributed by atoms with Crippen LogP contribution in [0.1, 0.15) is 36.9 Å². The van der Waals surface area contributed by atoms with E-state index in [0.717, 1.165) is 45.5 Å². The number of amides is 1. The Bertz CT molecular complexity index is 500. The Hall–Kier alpha value is -1.10. The third kappa shape index (κ3) is 4.25. The van der Waals surface area contributed by atoms with E-state index < -0.39 is 0 Å². The highest BCUT2D eigenvalue weighted by atomic mass is 35.5. The first-order valence-corrected chi connectivity index (χ1v) is 8.47. The van der Waals surface area contributed by atoms with Gasteiger partial charge in [-0.05, 0) is 30.4 Å². The molecule has 2 aliphatic rings. The van der Waals surface area contributed by atoms with Crippen molar-refractivity contribution in [2.45, 2.75) is 32.2 Å². The van der Waals surface area contributed by atoms with Crippen LogP contribution >= 0.6 is 12.4 Å². The summed E-state index contributed by atoms with van der Waals surface area (Å²) in [7, 11) is 0. The van der Waals surface area contributed by atoms with E-state index in [9.17, 15) is 4.79 Å². The van der Waals surface area contributed by atoms with Crippen LogP contribution in [0.25, 0.3) is 0 Å². The molecule has 2 fully saturated rings. The molecular formula is C18H27ClN2O2. The Morgan fingerprint density at radius 1 is 1.35 bits per heavy atom. The second-order valence-corrected chi connectivity index (χ2v) is 6.26. The predicted octanol–water partition coefficient (Wildman–Crippen LogP) is 2.57. The van der Waals surface area contributed by atoms with Crippen LogP contribution < -0.4 is 5.32 Å². The van der Waals surface area contributed by atoms with E-state index in [1.54, 1.807) is 0 Å². The van der Waals surface area contributed by atoms with Gasteiger partial charge in [0.05, 0.1) is 18.6 Å². The van der Waals surface area contributed by atoms with Crippen molar-refractivity contribution in [3.8, 4) is 0 Å². The number of hydrogen-bond acceptors (Lipinski definition) is 3. The van der Waals surface area contributed by atoms with Crippen LogP contribution in [0.5, 0.6) is 0 Å². The summed E-state index contributed by atoms with van der Waals surface area (Å²) in [4.78, 5) is 14.9. The standard InChI is InChI=1S/C18H26N2O2.ClH/c1-2-14-5-7-15(8-6-14)17-12-19-9-10-20(17)18(21)16-4-3-11-22-13-16;/h5-8,16-17,19H,2-4,9-13H2,1H3;1H. The lowest BCUT2D eigenvalue weighted by molar-refractivity contribution is -0.143. The molecule has 0 aromatic heterocycles. The Morgan fingerprint density at radius 3 is 2.78 bits per heavy atom. The average molecular weight is 339 g/mol. The number of nitrogens with zero attached hydrogens (tertiary/aromatic N) is 1. The van der Waals surface area contributed by atoms with Crippen LogP contribution in [0.4, 0.5) is 0 Å². The zero-order valence-electron chi connectivity index (χ0n) is 13.8. The number of halogens is 1. The average Bonchev–Trinajstić information content (AvgIpc) is 2.62. The van der Waals surface area contributed by atoms with E-state index in [0.29, 0.717) is 6.61 Å². The number of ether oxygens (including phenoxy) is 1. The second-order valence-electron chi connectivity index (χ2n) is 6.26. The number of piperazine rings is 1. The molecular weight excluding hydrogens is 312 g/mol. The highest BCUT2D eigenvalue weighted by molar-refractivity contribution is 5.85. The number of benzene rings is 1. The molecule has 2 atom stereocenters. The number of aryl methyl sites for hydroxylation is 1. The summed E-state index contributed by atoms with van der Waals surface area (Å²) in [6.07, 6.45) is 3.01. The number of carbonyl (C=O) groups is 1. The summed E-state index contributed by atoms with van der Waals surface area (Å²) in [6, 6.07) is 8.85. The van der Waals surface area contributed by atoms with Gasteiger partial charge in [0, 0.05) is 26.2 Å². The number of carbonyl (C=O) groups excluding carboxylic acids is 1. The lowest BCUT2D eigenvalue weighted by Gasteiger charge is -2.39. The largest absolute Gasteiger partial charge is 0.381 e. The molecule has 2 aliphatic heterocycles. The van der Waals surface area contributed by atoms with Gasteiger partial charge in [0.1, 0.15) is 0 Å². The molecule has 0 radical (unpaired) electrons. The van der Waals surface area contributed by atoms with Gasteiger partial charge in [0.2, 0.25) is 5.91 Å². The minimum Gasteiger partial charge on any atom is -0.381 e. The second kappa shape index (κ2) is 8.67. The molecule has 23 heavy (non-hydrogen) atoms. The molecule has 4 nitrogen and oxygen atoms in total. The maximum absolute atomic E-state index is 12.9. The highest BCUT2D eigenvalue weighted by Gasteiger charge is 2.33. The monoisotopic (exact) mass is 338 g/mol. The molecule has 128 valence electrons. The van der Waals surface area contributed by atoms with E-state index in [4.69, 9.17) is 4.74 Å². The van der Waals surface area contributed by atoms with E-state index in [2.05, 4.69) is 41.4 Å². The third-order valence-corrected chi connectivity index (χ3v) is 4.81. The van der Waals surface area contributed by atoms with Gasteiger partial charge in [0.25, 0.3) is 0 Å². The van der Waals surface area contributed by atoms with Gasteiger partial charge in [-0.3, -0.25) is 4.79 Å². The van der Waals surface area contributed by atoms with Crippen molar-refractivity contribution in [1.29, 1.82) is 0 Å². The minimum absolute atomic E-state index is 0. The van der Waals surface area contributed by atoms with Gasteiger partial charge in [-0.15, -0.1) is 12.4 Å². The lowest BCUT2D eigenvalue weighted by Crippen LogP contribution is -2.51. The maximum atomic E-state index is 12.9. The van der Waals surface area contributed by atoms with Gasteiger partial charge in [-0.25, -0.2) is 0 Å². The fraction of sp³-hybridized carbons (Fsp3) is 0.611. The number of rotatable bonds is 3. The van der Waals surface area contributed by atoms with Crippen molar-refractivity contribution in [2.75, 3.05) is 32.8 Å². The van der Waals surface area contributed by atoms with E-state index in [1.807, 2.05) is 0 Å². The van der Waals surface area contributed by atoms with Crippen LogP contribution in [0.2, 0.25) is 0 Å². The summed E-state index contributed by atoms with van der Waals surface area (Å²) in [5.41, 5.74) is 2.57. The molecule has 0 aliphatic carbocycles. The van der Waals surface area contributed by atoms with Gasteiger partial charge >= 0.3 is 0 Å². The SMILES string of the molecule is CCc1ccc(C2CNCCN2C(=O)C2CCCOC2)cc1.Cl. The van der Waals surface area contributed by atoms with Crippen LogP contribution in [0.15, 0.2) is 24.3 Å². The van der Waals surface area contributed by atoms with Crippen LogP contribution in [0.3, 0.4) is 0 Å². The van der Waals surface area contributed by atoms with Crippen molar-refractivity contribution >= 4 is 18.3 Å². The molecule has 1 aromatic carbocycles. The third-order valence-electron chi connectivity index (χ3n) is 4.81. The van der Waals surface area contributed by atoms with Gasteiger partial charge in [-0.1, -0.05) is 31.2 Å². The number of hydrogen-bond donors (Lipinski definition) is 1. The Morgan fingerprint density at radius 2 is 2.13 bits per heavy atom. The smallest absolute Gasteiger partial charge is 0.228 e. The molecule has 3 rings (SSSR count). The Kier molecular flexibility index (Phi) is 6.88. The fourth-order valence-corrected chi connectivity index (χ4v) is 3.41. The van der Waals surface area contributed by atoms with Crippen molar-refractivity contribution in [2.24, 2.45) is 5.92 Å². The van der Waals surface area contributed by atoms with Crippen molar-refractivity contribution < 1.29 is 9.53 Å². The lowest BCUT2D eigenvalue weighted by atomic mass is 9.96. The quantitative estimate of drug-likeness (QED) is 0.921. The molecule has 2 unspecified atom stereocenters. The Balaban J connectivity index is 0.00000192. The van der Waals surface area contributed by atoms with Crippen molar-refractivity contribution in [3.63, 3.8) is 0 Å². The molecule has 2 saturated heterocycles. The molecule has 0 bridgehead atoms. The molecule has 0 saturated carbocycles. The van der Waals surface area contributed by atoms with E-state index in [1.165, 1.54) is 11.1 Å². The summed E-state index contributed by atoms with van der Waals surface area (Å²) in [6.45, 7) is 6.05. The first-order valence-electron chi connectivity index (χ1n) is 8.47. The molecule has 1 aromatic rings. The first kappa shape index (κ1) is 18.2. The van der Waals surface area contributed by atoms with Gasteiger partial charge in [0.15, 0.2) is 0 Å². The zero-order chi connectivity index (χ0) is 15.4. The summed E-state index contributed by atoms with van der Waals surface area (Å²) in [5.74, 6) is 0.315. The molecule has 1 N–H and O–H groups in total. The normalized spacial score (nSPS) is 24.8. The zero-order valence-corrected chi connectivity index (χ0v) is 14.6. The van der Waals surface area contributed by atoms with Crippen molar-refractivity contribution in [1.82, 2.24) is 10.2 Å². The van der Waals surface area contributed by atoms with Crippen molar-refractivity contribution in [3.05, 3.63) is 35.4 Å². The van der Waals surface area contributed by atoms with E-state index >= 15 is 0 Å². The summed E-state index contributed by atoms with van der Waals surface area (Å²) >= 11 is 0. The first-order chi connectivity index (χ1) is 10.8. The van der Waals surface area contributed by atoms with E-state index in [-0.39, 0.29) is 30.3 Å². The molecule has 2 heterocycles. The maximum Gasteiger partial charge on any atom is 0.228 e. The van der Waals surface area contributed by atoms with Gasteiger partial charge < -0.3 is 15.0 Å². The Labute approximate surface area is 145 Å². The summed E-state index contributed by atoms with van der Waals surface area (Å²) < 4.78 is 5.50. The summed E-state index contributed by atoms with van der Waals surface area (Å²) in [5, 5.41) is 3.42. The van der Waals surface area contributed by atoms with Crippen LogP contribution in [-0.2, 0) is 16.0 Å². The van der Waals surface area contributed by atoms with Gasteiger partial charge in [-0.2, -0.15) is 0 Å². The highest BCUT2D eigenvalue weighted by Crippen LogP contribution is 2.26. The number of nitrogens with one attached hydrogen (secondary N) is 1. The van der Waals surface area contributed by atoms with Crippen LogP contribution in [0, 0.1) is 5.92 Å².